The van der Waals surface area contributed by atoms with E-state index in [1.54, 1.807) is 24.3 Å². The summed E-state index contributed by atoms with van der Waals surface area (Å²) in [6, 6.07) is 6.74. The Morgan fingerprint density at radius 3 is 2.72 bits per heavy atom. The van der Waals surface area contributed by atoms with Crippen LogP contribution in [0.2, 0.25) is 0 Å². The molecule has 0 spiro atoms. The van der Waals surface area contributed by atoms with E-state index >= 15 is 0 Å². The van der Waals surface area contributed by atoms with Crippen LogP contribution in [0.1, 0.15) is 18.4 Å². The first-order valence-electron chi connectivity index (χ1n) is 6.35. The molecule has 18 heavy (non-hydrogen) atoms. The van der Waals surface area contributed by atoms with Gasteiger partial charge in [0.1, 0.15) is 5.75 Å². The van der Waals surface area contributed by atoms with Crippen molar-refractivity contribution in [3.63, 3.8) is 0 Å². The fraction of sp³-hybridized carbons (Fsp3) is 0.500. The molecule has 1 saturated heterocycles. The maximum atomic E-state index is 12.1. The lowest BCUT2D eigenvalue weighted by molar-refractivity contribution is -0.129. The number of rotatable bonds is 4. The van der Waals surface area contributed by atoms with Gasteiger partial charge < -0.3 is 15.1 Å². The topological polar surface area (TPSA) is 60.8 Å². The van der Waals surface area contributed by atoms with Gasteiger partial charge in [-0.3, -0.25) is 4.79 Å². The summed E-state index contributed by atoms with van der Waals surface area (Å²) in [4.78, 5) is 13.9. The molecule has 1 atom stereocenters. The van der Waals surface area contributed by atoms with E-state index in [1.165, 1.54) is 0 Å². The molecule has 0 saturated carbocycles. The van der Waals surface area contributed by atoms with Gasteiger partial charge in [0.15, 0.2) is 0 Å². The summed E-state index contributed by atoms with van der Waals surface area (Å²) < 4.78 is 0. The van der Waals surface area contributed by atoms with Gasteiger partial charge in [0, 0.05) is 19.7 Å². The van der Waals surface area contributed by atoms with Gasteiger partial charge in [0.25, 0.3) is 0 Å². The van der Waals surface area contributed by atoms with Gasteiger partial charge in [-0.25, -0.2) is 0 Å². The zero-order chi connectivity index (χ0) is 13.0. The number of benzene rings is 1. The summed E-state index contributed by atoms with van der Waals surface area (Å²) in [6.07, 6.45) is 2.15. The number of amides is 1. The molecule has 0 radical (unpaired) electrons. The third-order valence-corrected chi connectivity index (χ3v) is 3.47. The Morgan fingerprint density at radius 1 is 1.33 bits per heavy atom. The van der Waals surface area contributed by atoms with Crippen LogP contribution in [0, 0.1) is 5.92 Å². The molecule has 1 unspecified atom stereocenters. The van der Waals surface area contributed by atoms with E-state index < -0.39 is 0 Å². The van der Waals surface area contributed by atoms with E-state index in [9.17, 15) is 9.90 Å². The molecule has 1 aliphatic heterocycles. The zero-order valence-corrected chi connectivity index (χ0v) is 10.4. The highest BCUT2D eigenvalue weighted by Gasteiger charge is 2.25. The number of phenols is 1. The average Bonchev–Trinajstić information content (AvgIpc) is 2.81. The van der Waals surface area contributed by atoms with Gasteiger partial charge in [-0.05, 0) is 36.5 Å². The smallest absolute Gasteiger partial charge is 0.226 e. The first-order valence-corrected chi connectivity index (χ1v) is 6.35. The minimum atomic E-state index is 0.126. The number of phenolic OH excluding ortho intramolecular Hbond substituents is 1. The van der Waals surface area contributed by atoms with Crippen LogP contribution in [0.25, 0.3) is 0 Å². The monoisotopic (exact) mass is 249 g/mol. The van der Waals surface area contributed by atoms with E-state index in [4.69, 9.17) is 5.11 Å². The molecule has 1 amide bonds. The van der Waals surface area contributed by atoms with Crippen LogP contribution in [0.4, 0.5) is 0 Å². The van der Waals surface area contributed by atoms with Crippen LogP contribution in [0.3, 0.4) is 0 Å². The van der Waals surface area contributed by atoms with Crippen LogP contribution in [-0.4, -0.2) is 40.7 Å². The summed E-state index contributed by atoms with van der Waals surface area (Å²) in [6.45, 7) is 1.75. The Kier molecular flexibility index (Phi) is 4.20. The summed E-state index contributed by atoms with van der Waals surface area (Å²) in [5.74, 6) is 0.787. The quantitative estimate of drug-likeness (QED) is 0.842. The second kappa shape index (κ2) is 5.87. The maximum Gasteiger partial charge on any atom is 0.226 e. The maximum absolute atomic E-state index is 12.1. The minimum absolute atomic E-state index is 0.126. The van der Waals surface area contributed by atoms with Crippen molar-refractivity contribution >= 4 is 5.91 Å². The first-order chi connectivity index (χ1) is 8.69. The summed E-state index contributed by atoms with van der Waals surface area (Å²) in [5.41, 5.74) is 0.920. The van der Waals surface area contributed by atoms with Gasteiger partial charge in [-0.2, -0.15) is 0 Å². The third-order valence-electron chi connectivity index (χ3n) is 3.47. The largest absolute Gasteiger partial charge is 0.508 e. The number of aliphatic hydroxyl groups is 1. The molecule has 4 heteroatoms. The van der Waals surface area contributed by atoms with Crippen molar-refractivity contribution in [2.45, 2.75) is 19.3 Å². The number of hydrogen-bond donors (Lipinski definition) is 2. The van der Waals surface area contributed by atoms with Crippen molar-refractivity contribution < 1.29 is 15.0 Å². The summed E-state index contributed by atoms with van der Waals surface area (Å²) >= 11 is 0. The standard InChI is InChI=1S/C14H19NO3/c16-8-6-12-5-7-15(10-12)14(18)9-11-1-3-13(17)4-2-11/h1-4,12,16-17H,5-10H2. The molecule has 1 aliphatic rings. The van der Waals surface area contributed by atoms with Crippen LogP contribution in [0.15, 0.2) is 24.3 Å². The molecule has 2 N–H and O–H groups in total. The third kappa shape index (κ3) is 3.23. The van der Waals surface area contributed by atoms with E-state index in [0.717, 1.165) is 31.5 Å². The van der Waals surface area contributed by atoms with E-state index in [1.807, 2.05) is 4.90 Å². The highest BCUT2D eigenvalue weighted by molar-refractivity contribution is 5.79. The Morgan fingerprint density at radius 2 is 2.06 bits per heavy atom. The summed E-state index contributed by atoms with van der Waals surface area (Å²) in [5, 5.41) is 18.1. The molecule has 0 aliphatic carbocycles. The number of aromatic hydroxyl groups is 1. The second-order valence-corrected chi connectivity index (χ2v) is 4.85. The van der Waals surface area contributed by atoms with Crippen LogP contribution in [-0.2, 0) is 11.2 Å². The lowest BCUT2D eigenvalue weighted by atomic mass is 10.1. The van der Waals surface area contributed by atoms with Crippen LogP contribution < -0.4 is 0 Å². The second-order valence-electron chi connectivity index (χ2n) is 4.85. The lowest BCUT2D eigenvalue weighted by Crippen LogP contribution is -2.30. The molecular weight excluding hydrogens is 230 g/mol. The predicted octanol–water partition coefficient (Wildman–Crippen LogP) is 1.17. The van der Waals surface area contributed by atoms with Crippen molar-refractivity contribution in [2.75, 3.05) is 19.7 Å². The van der Waals surface area contributed by atoms with Crippen molar-refractivity contribution in [3.8, 4) is 5.75 Å². The van der Waals surface area contributed by atoms with Gasteiger partial charge in [-0.15, -0.1) is 0 Å². The average molecular weight is 249 g/mol. The number of nitrogens with zero attached hydrogens (tertiary/aromatic N) is 1. The molecule has 0 bridgehead atoms. The Labute approximate surface area is 107 Å². The normalized spacial score (nSPS) is 19.2. The molecule has 1 fully saturated rings. The van der Waals surface area contributed by atoms with Gasteiger partial charge in [0.05, 0.1) is 6.42 Å². The van der Waals surface area contributed by atoms with Gasteiger partial charge in [-0.1, -0.05) is 12.1 Å². The zero-order valence-electron chi connectivity index (χ0n) is 10.4. The number of hydrogen-bond acceptors (Lipinski definition) is 3. The predicted molar refractivity (Wildman–Crippen MR) is 68.2 cm³/mol. The molecule has 2 rings (SSSR count). The van der Waals surface area contributed by atoms with Crippen LogP contribution >= 0.6 is 0 Å². The molecule has 1 heterocycles. The van der Waals surface area contributed by atoms with E-state index in [2.05, 4.69) is 0 Å². The Balaban J connectivity index is 1.87. The molecule has 1 aromatic carbocycles. The number of carbonyl (C=O) groups excluding carboxylic acids is 1. The molecule has 1 aromatic rings. The SMILES string of the molecule is O=C(Cc1ccc(O)cc1)N1CCC(CCO)C1. The highest BCUT2D eigenvalue weighted by atomic mass is 16.3. The Hall–Kier alpha value is -1.55. The van der Waals surface area contributed by atoms with Gasteiger partial charge >= 0.3 is 0 Å². The Bertz CT molecular complexity index is 402. The number of likely N-dealkylation sites (tertiary alicyclic amines) is 1. The lowest BCUT2D eigenvalue weighted by Gasteiger charge is -2.16. The van der Waals surface area contributed by atoms with Crippen molar-refractivity contribution in [1.29, 1.82) is 0 Å². The highest BCUT2D eigenvalue weighted by Crippen LogP contribution is 2.20. The molecule has 0 aromatic heterocycles. The van der Waals surface area contributed by atoms with Crippen molar-refractivity contribution in [2.24, 2.45) is 5.92 Å². The van der Waals surface area contributed by atoms with E-state index in [0.29, 0.717) is 12.3 Å². The van der Waals surface area contributed by atoms with Crippen molar-refractivity contribution in [1.82, 2.24) is 4.90 Å². The van der Waals surface area contributed by atoms with Crippen LogP contribution in [0.5, 0.6) is 5.75 Å². The minimum Gasteiger partial charge on any atom is -0.508 e. The molecule has 98 valence electrons. The van der Waals surface area contributed by atoms with E-state index in [-0.39, 0.29) is 18.3 Å². The molecular formula is C14H19NO3. The van der Waals surface area contributed by atoms with Gasteiger partial charge in [0.2, 0.25) is 5.91 Å². The fourth-order valence-electron chi connectivity index (χ4n) is 2.38. The first kappa shape index (κ1) is 12.9. The number of carbonyl (C=O) groups is 1. The number of aliphatic hydroxyl groups excluding tert-OH is 1. The molecule has 4 nitrogen and oxygen atoms in total. The fourth-order valence-corrected chi connectivity index (χ4v) is 2.38. The van der Waals surface area contributed by atoms with Crippen molar-refractivity contribution in [3.05, 3.63) is 29.8 Å². The summed E-state index contributed by atoms with van der Waals surface area (Å²) in [7, 11) is 0.